The molecule has 1 nitrogen and oxygen atoms in total. The van der Waals surface area contributed by atoms with Gasteiger partial charge < -0.3 is 0 Å². The van der Waals surface area contributed by atoms with Gasteiger partial charge in [-0.25, -0.2) is 0 Å². The van der Waals surface area contributed by atoms with Crippen LogP contribution in [0.15, 0.2) is 18.2 Å². The predicted octanol–water partition coefficient (Wildman–Crippen LogP) is 4.57. The summed E-state index contributed by atoms with van der Waals surface area (Å²) >= 11 is 6.20. The van der Waals surface area contributed by atoms with Crippen LogP contribution in [0.1, 0.15) is 27.9 Å². The van der Waals surface area contributed by atoms with Gasteiger partial charge in [0.1, 0.15) is 0 Å². The summed E-state index contributed by atoms with van der Waals surface area (Å²) in [4.78, 5) is 11.6. The topological polar surface area (TPSA) is 17.1 Å². The van der Waals surface area contributed by atoms with Crippen LogP contribution in [-0.2, 0) is 11.5 Å². The molecule has 94 valence electrons. The Morgan fingerprint density at radius 1 is 1.24 bits per heavy atom. The zero-order valence-electron chi connectivity index (χ0n) is 8.65. The number of carbonyl (C=O) groups excluding carboxylic acids is 1. The zero-order valence-corrected chi connectivity index (χ0v) is 11.8. The van der Waals surface area contributed by atoms with E-state index in [1.54, 1.807) is 0 Å². The van der Waals surface area contributed by atoms with Crippen LogP contribution < -0.4 is 0 Å². The van der Waals surface area contributed by atoms with Gasteiger partial charge in [-0.1, -0.05) is 37.9 Å². The third-order valence-electron chi connectivity index (χ3n) is 2.17. The Bertz CT molecular complexity index is 416. The van der Waals surface area contributed by atoms with E-state index < -0.39 is 17.5 Å². The Hall–Kier alpha value is -0.360. The van der Waals surface area contributed by atoms with Crippen LogP contribution in [0.3, 0.4) is 0 Å². The monoisotopic (exact) mass is 372 g/mol. The first-order valence-corrected chi connectivity index (χ1v) is 6.99. The number of rotatable bonds is 4. The van der Waals surface area contributed by atoms with Crippen molar-refractivity contribution in [2.75, 3.05) is 5.33 Å². The van der Waals surface area contributed by atoms with E-state index in [1.165, 1.54) is 12.1 Å². The molecule has 6 heteroatoms. The number of ketones is 1. The van der Waals surface area contributed by atoms with E-state index in [2.05, 4.69) is 31.9 Å². The first-order chi connectivity index (χ1) is 7.90. The van der Waals surface area contributed by atoms with Crippen molar-refractivity contribution in [1.82, 2.24) is 0 Å². The smallest absolute Gasteiger partial charge is 0.294 e. The minimum atomic E-state index is -4.50. The molecule has 0 bridgehead atoms. The van der Waals surface area contributed by atoms with Crippen LogP contribution in [0.4, 0.5) is 13.2 Å². The van der Waals surface area contributed by atoms with Crippen LogP contribution in [0.2, 0.25) is 0 Å². The predicted molar refractivity (Wildman–Crippen MR) is 66.8 cm³/mol. The van der Waals surface area contributed by atoms with E-state index in [1.807, 2.05) is 0 Å². The molecular formula is C11H9Br2F3O. The standard InChI is InChI=1S/C11H9Br2F3O/c12-4-3-10(17)8-5-7(6-13)1-2-9(8)11(14,15)16/h1-2,5H,3-4,6H2. The van der Waals surface area contributed by atoms with Crippen molar-refractivity contribution in [3.05, 3.63) is 34.9 Å². The third-order valence-corrected chi connectivity index (χ3v) is 3.21. The molecule has 0 radical (unpaired) electrons. The maximum Gasteiger partial charge on any atom is 0.417 e. The fraction of sp³-hybridized carbons (Fsp3) is 0.364. The molecule has 0 saturated heterocycles. The van der Waals surface area contributed by atoms with E-state index in [4.69, 9.17) is 0 Å². The number of halogens is 5. The minimum Gasteiger partial charge on any atom is -0.294 e. The first-order valence-electron chi connectivity index (χ1n) is 4.75. The van der Waals surface area contributed by atoms with Gasteiger partial charge in [0.25, 0.3) is 0 Å². The zero-order chi connectivity index (χ0) is 13.1. The minimum absolute atomic E-state index is 0.0504. The van der Waals surface area contributed by atoms with Gasteiger partial charge in [-0.05, 0) is 17.7 Å². The molecule has 0 aliphatic rings. The summed E-state index contributed by atoms with van der Waals surface area (Å²) in [6.45, 7) is 0. The summed E-state index contributed by atoms with van der Waals surface area (Å²) < 4.78 is 38.1. The van der Waals surface area contributed by atoms with Crippen molar-refractivity contribution in [3.63, 3.8) is 0 Å². The maximum atomic E-state index is 12.7. The van der Waals surface area contributed by atoms with Gasteiger partial charge in [0.05, 0.1) is 5.56 Å². The van der Waals surface area contributed by atoms with Gasteiger partial charge in [0.15, 0.2) is 5.78 Å². The second-order valence-electron chi connectivity index (χ2n) is 3.37. The molecule has 0 unspecified atom stereocenters. The van der Waals surface area contributed by atoms with E-state index in [9.17, 15) is 18.0 Å². The summed E-state index contributed by atoms with van der Waals surface area (Å²) in [5.74, 6) is -0.503. The molecule has 17 heavy (non-hydrogen) atoms. The summed E-state index contributed by atoms with van der Waals surface area (Å²) in [5, 5.41) is 0.765. The molecule has 0 fully saturated rings. The Kier molecular flexibility index (Phi) is 5.19. The molecule has 0 atom stereocenters. The van der Waals surface area contributed by atoms with Crippen molar-refractivity contribution in [2.45, 2.75) is 17.9 Å². The SMILES string of the molecule is O=C(CCBr)c1cc(CBr)ccc1C(F)(F)F. The normalized spacial score (nSPS) is 11.6. The van der Waals surface area contributed by atoms with Gasteiger partial charge in [-0.15, -0.1) is 0 Å². The molecule has 0 heterocycles. The first kappa shape index (κ1) is 14.7. The van der Waals surface area contributed by atoms with Crippen LogP contribution in [-0.4, -0.2) is 11.1 Å². The molecule has 1 rings (SSSR count). The summed E-state index contributed by atoms with van der Waals surface area (Å²) in [6, 6.07) is 3.61. The van der Waals surface area contributed by atoms with Gasteiger partial charge in [0.2, 0.25) is 0 Å². The van der Waals surface area contributed by atoms with E-state index in [0.717, 1.165) is 6.07 Å². The van der Waals surface area contributed by atoms with Crippen LogP contribution in [0.5, 0.6) is 0 Å². The number of Topliss-reactive ketones (excluding diaryl/α,β-unsaturated/α-hetero) is 1. The van der Waals surface area contributed by atoms with Gasteiger partial charge >= 0.3 is 6.18 Å². The molecule has 0 N–H and O–H groups in total. The molecule has 0 aliphatic heterocycles. The molecule has 0 amide bonds. The lowest BCUT2D eigenvalue weighted by atomic mass is 9.99. The lowest BCUT2D eigenvalue weighted by Crippen LogP contribution is -2.13. The molecule has 1 aromatic rings. The second kappa shape index (κ2) is 6.00. The van der Waals surface area contributed by atoms with Crippen molar-refractivity contribution in [2.24, 2.45) is 0 Å². The summed E-state index contributed by atoms with van der Waals surface area (Å²) in [7, 11) is 0. The largest absolute Gasteiger partial charge is 0.417 e. The van der Waals surface area contributed by atoms with Crippen molar-refractivity contribution in [3.8, 4) is 0 Å². The highest BCUT2D eigenvalue weighted by atomic mass is 79.9. The van der Waals surface area contributed by atoms with Gasteiger partial charge in [-0.2, -0.15) is 13.2 Å². The Balaban J connectivity index is 3.26. The number of alkyl halides is 5. The van der Waals surface area contributed by atoms with Gasteiger partial charge in [0, 0.05) is 22.6 Å². The summed E-state index contributed by atoms with van der Waals surface area (Å²) in [5.41, 5.74) is -0.474. The number of carbonyl (C=O) groups is 1. The lowest BCUT2D eigenvalue weighted by molar-refractivity contribution is -0.137. The van der Waals surface area contributed by atoms with Crippen molar-refractivity contribution >= 4 is 37.6 Å². The van der Waals surface area contributed by atoms with Gasteiger partial charge in [-0.3, -0.25) is 4.79 Å². The molecule has 1 aromatic carbocycles. The molecule has 0 saturated carbocycles. The second-order valence-corrected chi connectivity index (χ2v) is 4.73. The highest BCUT2D eigenvalue weighted by molar-refractivity contribution is 9.09. The van der Waals surface area contributed by atoms with Crippen LogP contribution in [0.25, 0.3) is 0 Å². The van der Waals surface area contributed by atoms with Crippen molar-refractivity contribution in [1.29, 1.82) is 0 Å². The van der Waals surface area contributed by atoms with Crippen LogP contribution >= 0.6 is 31.9 Å². The number of hydrogen-bond donors (Lipinski definition) is 0. The molecule has 0 aliphatic carbocycles. The van der Waals surface area contributed by atoms with E-state index in [-0.39, 0.29) is 12.0 Å². The molecule has 0 spiro atoms. The fourth-order valence-corrected chi connectivity index (χ4v) is 2.08. The average Bonchev–Trinajstić information content (AvgIpc) is 2.27. The third kappa shape index (κ3) is 3.81. The Labute approximate surface area is 114 Å². The summed E-state index contributed by atoms with van der Waals surface area (Å²) in [6.07, 6.45) is -4.45. The Morgan fingerprint density at radius 3 is 2.35 bits per heavy atom. The van der Waals surface area contributed by atoms with Crippen molar-refractivity contribution < 1.29 is 18.0 Å². The highest BCUT2D eigenvalue weighted by Gasteiger charge is 2.34. The maximum absolute atomic E-state index is 12.7. The van der Waals surface area contributed by atoms with E-state index >= 15 is 0 Å². The van der Waals surface area contributed by atoms with Crippen LogP contribution in [0, 0.1) is 0 Å². The number of benzene rings is 1. The quantitative estimate of drug-likeness (QED) is 0.558. The Morgan fingerprint density at radius 2 is 1.88 bits per heavy atom. The highest BCUT2D eigenvalue weighted by Crippen LogP contribution is 2.33. The fourth-order valence-electron chi connectivity index (χ4n) is 1.37. The average molecular weight is 374 g/mol. The molecular weight excluding hydrogens is 365 g/mol. The molecule has 0 aromatic heterocycles. The van der Waals surface area contributed by atoms with E-state index in [0.29, 0.717) is 16.2 Å². The lowest BCUT2D eigenvalue weighted by Gasteiger charge is -2.12. The number of hydrogen-bond acceptors (Lipinski definition) is 1.